The Balaban J connectivity index is 1.94. The first-order valence-corrected chi connectivity index (χ1v) is 7.14. The van der Waals surface area contributed by atoms with Crippen LogP contribution in [0, 0.1) is 11.6 Å². The van der Waals surface area contributed by atoms with Crippen LogP contribution in [0.1, 0.15) is 17.3 Å². The third kappa shape index (κ3) is 4.77. The molecule has 0 unspecified atom stereocenters. The Morgan fingerprint density at radius 3 is 2.62 bits per heavy atom. The van der Waals surface area contributed by atoms with Gasteiger partial charge < -0.3 is 14.8 Å². The second kappa shape index (κ2) is 8.05. The van der Waals surface area contributed by atoms with Gasteiger partial charge in [0.05, 0.1) is 17.9 Å². The molecule has 0 aliphatic carbocycles. The van der Waals surface area contributed by atoms with E-state index in [1.807, 2.05) is 0 Å². The Morgan fingerprint density at radius 1 is 1.12 bits per heavy atom. The summed E-state index contributed by atoms with van der Waals surface area (Å²) in [5, 5.41) is 2.27. The van der Waals surface area contributed by atoms with Crippen LogP contribution >= 0.6 is 0 Å². The fourth-order valence-corrected chi connectivity index (χ4v) is 1.85. The molecule has 0 saturated carbocycles. The lowest BCUT2D eigenvalue weighted by Gasteiger charge is -2.09. The van der Waals surface area contributed by atoms with E-state index < -0.39 is 30.1 Å². The minimum atomic E-state index is -0.882. The largest absolute Gasteiger partial charge is 0.484 e. The molecule has 126 valence electrons. The van der Waals surface area contributed by atoms with Crippen LogP contribution in [0.4, 0.5) is 14.5 Å². The molecule has 0 aliphatic heterocycles. The van der Waals surface area contributed by atoms with Crippen LogP contribution < -0.4 is 10.1 Å². The van der Waals surface area contributed by atoms with E-state index in [0.29, 0.717) is 11.6 Å². The van der Waals surface area contributed by atoms with Crippen molar-refractivity contribution in [2.75, 3.05) is 18.5 Å². The molecule has 0 heterocycles. The van der Waals surface area contributed by atoms with Crippen LogP contribution in [0.2, 0.25) is 0 Å². The Hall–Kier alpha value is -2.96. The number of hydrogen-bond donors (Lipinski definition) is 1. The van der Waals surface area contributed by atoms with Gasteiger partial charge in [0.2, 0.25) is 0 Å². The quantitative estimate of drug-likeness (QED) is 0.824. The summed E-state index contributed by atoms with van der Waals surface area (Å²) in [4.78, 5) is 23.4. The average Bonchev–Trinajstić information content (AvgIpc) is 2.56. The van der Waals surface area contributed by atoms with E-state index in [0.717, 1.165) is 12.1 Å². The van der Waals surface area contributed by atoms with E-state index in [1.54, 1.807) is 25.1 Å². The average molecular weight is 335 g/mol. The van der Waals surface area contributed by atoms with Crippen LogP contribution in [0.5, 0.6) is 5.75 Å². The zero-order valence-corrected chi connectivity index (χ0v) is 12.8. The molecule has 0 aliphatic rings. The van der Waals surface area contributed by atoms with E-state index in [1.165, 1.54) is 6.07 Å². The van der Waals surface area contributed by atoms with Crippen LogP contribution in [0.25, 0.3) is 0 Å². The maximum absolute atomic E-state index is 13.4. The molecular weight excluding hydrogens is 320 g/mol. The summed E-state index contributed by atoms with van der Waals surface area (Å²) >= 11 is 0. The number of anilines is 1. The standard InChI is InChI=1S/C17H15F2NO4/c1-2-23-17(22)11-4-3-5-13(8-11)24-10-16(21)20-15-7-6-12(18)9-14(15)19/h3-9H,2,10H2,1H3,(H,20,21). The van der Waals surface area contributed by atoms with E-state index in [-0.39, 0.29) is 18.0 Å². The first kappa shape index (κ1) is 17.4. The summed E-state index contributed by atoms with van der Waals surface area (Å²) in [7, 11) is 0. The van der Waals surface area contributed by atoms with Crippen LogP contribution in [-0.2, 0) is 9.53 Å². The number of nitrogens with one attached hydrogen (secondary N) is 1. The highest BCUT2D eigenvalue weighted by Gasteiger charge is 2.10. The van der Waals surface area contributed by atoms with Crippen molar-refractivity contribution in [3.05, 3.63) is 59.7 Å². The van der Waals surface area contributed by atoms with E-state index in [9.17, 15) is 18.4 Å². The van der Waals surface area contributed by atoms with Crippen molar-refractivity contribution in [1.82, 2.24) is 0 Å². The number of benzene rings is 2. The number of carbonyl (C=O) groups excluding carboxylic acids is 2. The van der Waals surface area contributed by atoms with Gasteiger partial charge >= 0.3 is 5.97 Å². The van der Waals surface area contributed by atoms with E-state index in [4.69, 9.17) is 9.47 Å². The second-order valence-corrected chi connectivity index (χ2v) is 4.71. The van der Waals surface area contributed by atoms with Crippen LogP contribution in [0.3, 0.4) is 0 Å². The SMILES string of the molecule is CCOC(=O)c1cccc(OCC(=O)Nc2ccc(F)cc2F)c1. The van der Waals surface area contributed by atoms with Gasteiger partial charge in [-0.05, 0) is 37.3 Å². The normalized spacial score (nSPS) is 10.1. The van der Waals surface area contributed by atoms with Crippen molar-refractivity contribution >= 4 is 17.6 Å². The van der Waals surface area contributed by atoms with Crippen LogP contribution in [0.15, 0.2) is 42.5 Å². The number of ether oxygens (including phenoxy) is 2. The lowest BCUT2D eigenvalue weighted by Crippen LogP contribution is -2.21. The number of hydrogen-bond acceptors (Lipinski definition) is 4. The highest BCUT2D eigenvalue weighted by molar-refractivity contribution is 5.92. The maximum atomic E-state index is 13.4. The summed E-state index contributed by atoms with van der Waals surface area (Å²) in [6.07, 6.45) is 0. The van der Waals surface area contributed by atoms with Crippen molar-refractivity contribution in [1.29, 1.82) is 0 Å². The molecule has 0 radical (unpaired) electrons. The molecule has 0 fully saturated rings. The summed E-state index contributed by atoms with van der Waals surface area (Å²) in [6.45, 7) is 1.54. The lowest BCUT2D eigenvalue weighted by molar-refractivity contribution is -0.118. The molecule has 5 nitrogen and oxygen atoms in total. The Bertz CT molecular complexity index is 749. The Labute approximate surface area is 137 Å². The lowest BCUT2D eigenvalue weighted by atomic mass is 10.2. The number of halogens is 2. The van der Waals surface area contributed by atoms with Gasteiger partial charge in [0.25, 0.3) is 5.91 Å². The van der Waals surface area contributed by atoms with Gasteiger partial charge in [-0.3, -0.25) is 4.79 Å². The van der Waals surface area contributed by atoms with Crippen molar-refractivity contribution in [2.24, 2.45) is 0 Å². The van der Waals surface area contributed by atoms with E-state index >= 15 is 0 Å². The molecule has 0 saturated heterocycles. The van der Waals surface area contributed by atoms with Gasteiger partial charge in [-0.2, -0.15) is 0 Å². The zero-order valence-electron chi connectivity index (χ0n) is 12.8. The molecule has 0 atom stereocenters. The summed E-state index contributed by atoms with van der Waals surface area (Å²) in [5.74, 6) is -2.46. The van der Waals surface area contributed by atoms with Gasteiger partial charge in [0.15, 0.2) is 6.61 Å². The predicted molar refractivity (Wildman–Crippen MR) is 82.9 cm³/mol. The molecule has 2 aromatic rings. The summed E-state index contributed by atoms with van der Waals surface area (Å²) < 4.78 is 36.4. The molecule has 0 bridgehead atoms. The molecule has 2 aromatic carbocycles. The fourth-order valence-electron chi connectivity index (χ4n) is 1.85. The number of carbonyl (C=O) groups is 2. The molecule has 24 heavy (non-hydrogen) atoms. The first-order chi connectivity index (χ1) is 11.5. The monoisotopic (exact) mass is 335 g/mol. The van der Waals surface area contributed by atoms with Crippen molar-refractivity contribution in [2.45, 2.75) is 6.92 Å². The predicted octanol–water partition coefficient (Wildman–Crippen LogP) is 3.16. The number of esters is 1. The molecule has 1 N–H and O–H groups in total. The van der Waals surface area contributed by atoms with Gasteiger partial charge in [0.1, 0.15) is 17.4 Å². The number of rotatable bonds is 6. The highest BCUT2D eigenvalue weighted by Crippen LogP contribution is 2.16. The molecule has 0 aromatic heterocycles. The van der Waals surface area contributed by atoms with E-state index in [2.05, 4.69) is 5.32 Å². The van der Waals surface area contributed by atoms with Gasteiger partial charge in [-0.15, -0.1) is 0 Å². The summed E-state index contributed by atoms with van der Waals surface area (Å²) in [6, 6.07) is 8.95. The number of amides is 1. The smallest absolute Gasteiger partial charge is 0.338 e. The second-order valence-electron chi connectivity index (χ2n) is 4.71. The molecule has 0 spiro atoms. The fraction of sp³-hybridized carbons (Fsp3) is 0.176. The molecular formula is C17H15F2NO4. The molecule has 2 rings (SSSR count). The first-order valence-electron chi connectivity index (χ1n) is 7.14. The summed E-state index contributed by atoms with van der Waals surface area (Å²) in [5.41, 5.74) is 0.143. The van der Waals surface area contributed by atoms with Crippen molar-refractivity contribution in [3.8, 4) is 5.75 Å². The maximum Gasteiger partial charge on any atom is 0.338 e. The Morgan fingerprint density at radius 2 is 1.92 bits per heavy atom. The third-order valence-corrected chi connectivity index (χ3v) is 2.92. The minimum absolute atomic E-state index is 0.148. The van der Waals surface area contributed by atoms with Crippen molar-refractivity contribution < 1.29 is 27.8 Å². The Kier molecular flexibility index (Phi) is 5.83. The molecule has 1 amide bonds. The van der Waals surface area contributed by atoms with Gasteiger partial charge in [0, 0.05) is 6.07 Å². The topological polar surface area (TPSA) is 64.6 Å². The third-order valence-electron chi connectivity index (χ3n) is 2.92. The zero-order chi connectivity index (χ0) is 17.5. The van der Waals surface area contributed by atoms with Gasteiger partial charge in [-0.1, -0.05) is 6.07 Å². The minimum Gasteiger partial charge on any atom is -0.484 e. The van der Waals surface area contributed by atoms with Crippen molar-refractivity contribution in [3.63, 3.8) is 0 Å². The van der Waals surface area contributed by atoms with Gasteiger partial charge in [-0.25, -0.2) is 13.6 Å². The van der Waals surface area contributed by atoms with Crippen LogP contribution in [-0.4, -0.2) is 25.1 Å². The molecule has 7 heteroatoms. The highest BCUT2D eigenvalue weighted by atomic mass is 19.1.